The van der Waals surface area contributed by atoms with Gasteiger partial charge in [0, 0.05) is 4.88 Å². The Labute approximate surface area is 158 Å². The Morgan fingerprint density at radius 2 is 1.77 bits per heavy atom. The first-order valence-electron chi connectivity index (χ1n) is 8.89. The van der Waals surface area contributed by atoms with Crippen LogP contribution in [0.25, 0.3) is 10.2 Å². The Morgan fingerprint density at radius 1 is 1.12 bits per heavy atom. The molecular weight excluding hydrogens is 344 g/mol. The van der Waals surface area contributed by atoms with Crippen LogP contribution < -0.4 is 10.3 Å². The van der Waals surface area contributed by atoms with E-state index in [1.54, 1.807) is 15.9 Å². The zero-order chi connectivity index (χ0) is 19.1. The van der Waals surface area contributed by atoms with Gasteiger partial charge in [0.2, 0.25) is 0 Å². The maximum absolute atomic E-state index is 12.9. The van der Waals surface area contributed by atoms with Crippen LogP contribution in [0.5, 0.6) is 5.75 Å². The quantitative estimate of drug-likeness (QED) is 0.665. The van der Waals surface area contributed by atoms with Gasteiger partial charge in [-0.15, -0.1) is 11.3 Å². The Bertz CT molecular complexity index is 992. The molecule has 0 aliphatic heterocycles. The molecule has 1 aromatic carbocycles. The molecule has 0 aliphatic carbocycles. The van der Waals surface area contributed by atoms with Crippen LogP contribution in [0.4, 0.5) is 0 Å². The summed E-state index contributed by atoms with van der Waals surface area (Å²) in [4.78, 5) is 19.4. The van der Waals surface area contributed by atoms with Crippen LogP contribution >= 0.6 is 11.3 Å². The van der Waals surface area contributed by atoms with E-state index >= 15 is 0 Å². The molecule has 0 amide bonds. The summed E-state index contributed by atoms with van der Waals surface area (Å²) in [7, 11) is 0. The number of hydrogen-bond acceptors (Lipinski definition) is 4. The van der Waals surface area contributed by atoms with Crippen LogP contribution in [0.3, 0.4) is 0 Å². The number of nitrogens with zero attached hydrogens (tertiary/aromatic N) is 2. The van der Waals surface area contributed by atoms with Crippen molar-refractivity contribution in [2.45, 2.75) is 53.5 Å². The van der Waals surface area contributed by atoms with Gasteiger partial charge in [-0.05, 0) is 49.4 Å². The smallest absolute Gasteiger partial charge is 0.262 e. The molecule has 0 radical (unpaired) electrons. The fraction of sp³-hybridized carbons (Fsp3) is 0.429. The summed E-state index contributed by atoms with van der Waals surface area (Å²) in [6, 6.07) is 8.17. The summed E-state index contributed by atoms with van der Waals surface area (Å²) in [5.74, 6) is 1.55. The van der Waals surface area contributed by atoms with Gasteiger partial charge in [0.1, 0.15) is 23.0 Å². The standard InChI is InChI=1S/C21H26N2O2S/c1-13-14(2)26-19-18(13)20(24)23(15(3)22-19)11-12-25-17-9-7-16(8-10-17)21(4,5)6/h7-10H,11-12H2,1-6H3. The van der Waals surface area contributed by atoms with E-state index in [2.05, 4.69) is 37.9 Å². The molecule has 2 aromatic heterocycles. The molecule has 138 valence electrons. The summed E-state index contributed by atoms with van der Waals surface area (Å²) in [6.45, 7) is 13.4. The number of aryl methyl sites for hydroxylation is 3. The van der Waals surface area contributed by atoms with Gasteiger partial charge in [-0.1, -0.05) is 32.9 Å². The molecule has 0 saturated heterocycles. The van der Waals surface area contributed by atoms with Crippen molar-refractivity contribution in [1.82, 2.24) is 9.55 Å². The third-order valence-electron chi connectivity index (χ3n) is 4.78. The summed E-state index contributed by atoms with van der Waals surface area (Å²) in [6.07, 6.45) is 0. The second-order valence-corrected chi connectivity index (χ2v) is 8.91. The molecule has 0 atom stereocenters. The molecule has 3 rings (SSSR count). The lowest BCUT2D eigenvalue weighted by atomic mass is 9.87. The van der Waals surface area contributed by atoms with E-state index in [-0.39, 0.29) is 11.0 Å². The minimum atomic E-state index is 0.0287. The Hall–Kier alpha value is -2.14. The van der Waals surface area contributed by atoms with Gasteiger partial charge in [0.15, 0.2) is 0 Å². The van der Waals surface area contributed by atoms with E-state index in [9.17, 15) is 4.79 Å². The lowest BCUT2D eigenvalue weighted by Crippen LogP contribution is -2.26. The first-order valence-corrected chi connectivity index (χ1v) is 9.70. The third-order valence-corrected chi connectivity index (χ3v) is 5.88. The molecule has 0 fully saturated rings. The van der Waals surface area contributed by atoms with Crippen LogP contribution in [-0.2, 0) is 12.0 Å². The van der Waals surface area contributed by atoms with Gasteiger partial charge in [0.05, 0.1) is 11.9 Å². The van der Waals surface area contributed by atoms with Crippen molar-refractivity contribution in [3.63, 3.8) is 0 Å². The van der Waals surface area contributed by atoms with Crippen molar-refractivity contribution in [2.75, 3.05) is 6.61 Å². The van der Waals surface area contributed by atoms with Gasteiger partial charge < -0.3 is 4.74 Å². The highest BCUT2D eigenvalue weighted by Gasteiger charge is 2.15. The highest BCUT2D eigenvalue weighted by molar-refractivity contribution is 7.18. The Kier molecular flexibility index (Phi) is 4.93. The molecule has 4 nitrogen and oxygen atoms in total. The lowest BCUT2D eigenvalue weighted by molar-refractivity contribution is 0.294. The molecule has 0 saturated carbocycles. The number of hydrogen-bond donors (Lipinski definition) is 0. The first-order chi connectivity index (χ1) is 12.2. The van der Waals surface area contributed by atoms with Crippen molar-refractivity contribution < 1.29 is 4.74 Å². The largest absolute Gasteiger partial charge is 0.492 e. The van der Waals surface area contributed by atoms with Crippen LogP contribution in [0.2, 0.25) is 0 Å². The number of rotatable bonds is 4. The second-order valence-electron chi connectivity index (χ2n) is 7.70. The average Bonchev–Trinajstić information content (AvgIpc) is 2.84. The predicted octanol–water partition coefficient (Wildman–Crippen LogP) is 4.76. The zero-order valence-electron chi connectivity index (χ0n) is 16.3. The molecule has 0 N–H and O–H groups in total. The van der Waals surface area contributed by atoms with E-state index < -0.39 is 0 Å². The molecule has 0 bridgehead atoms. The Balaban J connectivity index is 1.76. The van der Waals surface area contributed by atoms with E-state index in [4.69, 9.17) is 4.74 Å². The molecule has 26 heavy (non-hydrogen) atoms. The van der Waals surface area contributed by atoms with Crippen LogP contribution in [-0.4, -0.2) is 16.2 Å². The van der Waals surface area contributed by atoms with Crippen molar-refractivity contribution in [3.05, 3.63) is 56.4 Å². The molecule has 2 heterocycles. The van der Waals surface area contributed by atoms with E-state index in [0.29, 0.717) is 13.2 Å². The summed E-state index contributed by atoms with van der Waals surface area (Å²) in [5, 5.41) is 0.743. The zero-order valence-corrected chi connectivity index (χ0v) is 17.2. The normalized spacial score (nSPS) is 11.9. The van der Waals surface area contributed by atoms with Gasteiger partial charge >= 0.3 is 0 Å². The fourth-order valence-electron chi connectivity index (χ4n) is 3.00. The predicted molar refractivity (Wildman–Crippen MR) is 109 cm³/mol. The monoisotopic (exact) mass is 370 g/mol. The SMILES string of the molecule is Cc1sc2nc(C)n(CCOc3ccc(C(C)(C)C)cc3)c(=O)c2c1C. The number of fused-ring (bicyclic) bond motifs is 1. The Morgan fingerprint density at radius 3 is 2.38 bits per heavy atom. The highest BCUT2D eigenvalue weighted by Crippen LogP contribution is 2.26. The molecule has 0 unspecified atom stereocenters. The highest BCUT2D eigenvalue weighted by atomic mass is 32.1. The molecule has 5 heteroatoms. The summed E-state index contributed by atoms with van der Waals surface area (Å²) >= 11 is 1.58. The van der Waals surface area contributed by atoms with Gasteiger partial charge in [-0.3, -0.25) is 9.36 Å². The number of ether oxygens (including phenoxy) is 1. The lowest BCUT2D eigenvalue weighted by Gasteiger charge is -2.19. The molecular formula is C21H26N2O2S. The van der Waals surface area contributed by atoms with Crippen LogP contribution in [0.1, 0.15) is 42.6 Å². The minimum absolute atomic E-state index is 0.0287. The first kappa shape index (κ1) is 18.6. The van der Waals surface area contributed by atoms with Gasteiger partial charge in [-0.2, -0.15) is 0 Å². The summed E-state index contributed by atoms with van der Waals surface area (Å²) in [5.41, 5.74) is 2.46. The number of benzene rings is 1. The van der Waals surface area contributed by atoms with Crippen LogP contribution in [0.15, 0.2) is 29.1 Å². The summed E-state index contributed by atoms with van der Waals surface area (Å²) < 4.78 is 7.56. The fourth-order valence-corrected chi connectivity index (χ4v) is 4.06. The van der Waals surface area contributed by atoms with Gasteiger partial charge in [0.25, 0.3) is 5.56 Å². The molecule has 3 aromatic rings. The molecule has 0 spiro atoms. The maximum Gasteiger partial charge on any atom is 0.262 e. The molecule has 0 aliphatic rings. The topological polar surface area (TPSA) is 44.1 Å². The second kappa shape index (κ2) is 6.88. The van der Waals surface area contributed by atoms with Crippen molar-refractivity contribution >= 4 is 21.6 Å². The third kappa shape index (κ3) is 3.54. The average molecular weight is 371 g/mol. The van der Waals surface area contributed by atoms with Gasteiger partial charge in [-0.25, -0.2) is 4.98 Å². The van der Waals surface area contributed by atoms with Crippen LogP contribution in [0, 0.1) is 20.8 Å². The van der Waals surface area contributed by atoms with E-state index in [1.807, 2.05) is 32.9 Å². The maximum atomic E-state index is 12.9. The minimum Gasteiger partial charge on any atom is -0.492 e. The van der Waals surface area contributed by atoms with E-state index in [0.717, 1.165) is 32.2 Å². The van der Waals surface area contributed by atoms with Crippen molar-refractivity contribution in [1.29, 1.82) is 0 Å². The number of thiophene rings is 1. The number of aromatic nitrogens is 2. The van der Waals surface area contributed by atoms with Crippen molar-refractivity contribution in [3.8, 4) is 5.75 Å². The van der Waals surface area contributed by atoms with Crippen molar-refractivity contribution in [2.24, 2.45) is 0 Å². The van der Waals surface area contributed by atoms with E-state index in [1.165, 1.54) is 5.56 Å².